The number of aromatic nitrogens is 2. The van der Waals surface area contributed by atoms with E-state index in [9.17, 15) is 4.79 Å². The van der Waals surface area contributed by atoms with Crippen LogP contribution in [0.2, 0.25) is 0 Å². The van der Waals surface area contributed by atoms with Crippen LogP contribution in [0.15, 0.2) is 63.6 Å². The quantitative estimate of drug-likeness (QED) is 0.485. The zero-order chi connectivity index (χ0) is 23.3. The number of piperidine rings is 1. The third-order valence-electron chi connectivity index (χ3n) is 6.78. The van der Waals surface area contributed by atoms with E-state index in [1.165, 1.54) is 5.56 Å². The minimum atomic E-state index is 0.122. The number of carbonyl (C=O) groups excluding carboxylic acids is 1. The van der Waals surface area contributed by atoms with Crippen LogP contribution in [-0.2, 0) is 17.9 Å². The third-order valence-corrected chi connectivity index (χ3v) is 7.27. The highest BCUT2D eigenvalue weighted by Gasteiger charge is 2.31. The third kappa shape index (κ3) is 5.74. The van der Waals surface area contributed by atoms with Crippen molar-refractivity contribution in [3.05, 3.63) is 70.5 Å². The molecule has 0 radical (unpaired) electrons. The van der Waals surface area contributed by atoms with Gasteiger partial charge in [0.15, 0.2) is 0 Å². The molecule has 5 rings (SSSR count). The molecule has 3 aromatic rings. The van der Waals surface area contributed by atoms with E-state index in [4.69, 9.17) is 4.52 Å². The number of piperazine rings is 1. The molecule has 34 heavy (non-hydrogen) atoms. The minimum Gasteiger partial charge on any atom is -0.340 e. The van der Waals surface area contributed by atoms with Crippen molar-refractivity contribution in [2.75, 3.05) is 39.3 Å². The summed E-state index contributed by atoms with van der Waals surface area (Å²) in [6.45, 7) is 6.87. The molecule has 3 heterocycles. The van der Waals surface area contributed by atoms with Crippen molar-refractivity contribution in [2.24, 2.45) is 5.92 Å². The van der Waals surface area contributed by atoms with Gasteiger partial charge in [-0.1, -0.05) is 63.6 Å². The van der Waals surface area contributed by atoms with E-state index in [0.29, 0.717) is 24.2 Å². The second kappa shape index (κ2) is 10.8. The zero-order valence-corrected chi connectivity index (χ0v) is 20.9. The summed E-state index contributed by atoms with van der Waals surface area (Å²) in [6.07, 6.45) is 1.77. The maximum Gasteiger partial charge on any atom is 0.241 e. The average Bonchev–Trinajstić information content (AvgIpc) is 3.34. The number of halogens is 1. The second-order valence-corrected chi connectivity index (χ2v) is 10.1. The SMILES string of the molecule is O=C(C1CCN(Cc2nc(-c3cccc(Br)c3)no2)CC1)N1CCN(Cc2ccccc2)CC1. The van der Waals surface area contributed by atoms with Crippen LogP contribution in [0.3, 0.4) is 0 Å². The molecular formula is C26H30BrN5O2. The Labute approximate surface area is 208 Å². The second-order valence-electron chi connectivity index (χ2n) is 9.16. The lowest BCUT2D eigenvalue weighted by Gasteiger charge is -2.38. The fourth-order valence-corrected chi connectivity index (χ4v) is 5.22. The predicted molar refractivity (Wildman–Crippen MR) is 134 cm³/mol. The van der Waals surface area contributed by atoms with Crippen LogP contribution in [0.5, 0.6) is 0 Å². The van der Waals surface area contributed by atoms with Crippen LogP contribution < -0.4 is 0 Å². The number of benzene rings is 2. The van der Waals surface area contributed by atoms with Crippen molar-refractivity contribution < 1.29 is 9.32 Å². The molecule has 0 aliphatic carbocycles. The Balaban J connectivity index is 1.07. The molecule has 1 aromatic heterocycles. The lowest BCUT2D eigenvalue weighted by molar-refractivity contribution is -0.139. The zero-order valence-electron chi connectivity index (χ0n) is 19.3. The van der Waals surface area contributed by atoms with Gasteiger partial charge in [0, 0.05) is 48.7 Å². The number of likely N-dealkylation sites (tertiary alicyclic amines) is 1. The van der Waals surface area contributed by atoms with Gasteiger partial charge in [-0.3, -0.25) is 14.6 Å². The molecule has 2 aliphatic heterocycles. The van der Waals surface area contributed by atoms with Crippen LogP contribution >= 0.6 is 15.9 Å². The first-order valence-electron chi connectivity index (χ1n) is 12.0. The monoisotopic (exact) mass is 523 g/mol. The number of rotatable bonds is 6. The number of nitrogens with zero attached hydrogens (tertiary/aromatic N) is 5. The highest BCUT2D eigenvalue weighted by atomic mass is 79.9. The highest BCUT2D eigenvalue weighted by Crippen LogP contribution is 2.24. The van der Waals surface area contributed by atoms with E-state index in [2.05, 4.69) is 71.1 Å². The van der Waals surface area contributed by atoms with Crippen molar-refractivity contribution in [1.29, 1.82) is 0 Å². The smallest absolute Gasteiger partial charge is 0.241 e. The van der Waals surface area contributed by atoms with Gasteiger partial charge in [-0.2, -0.15) is 4.98 Å². The first-order valence-corrected chi connectivity index (χ1v) is 12.8. The molecule has 2 aliphatic rings. The summed E-state index contributed by atoms with van der Waals surface area (Å²) in [4.78, 5) is 24.5. The molecule has 0 spiro atoms. The van der Waals surface area contributed by atoms with Crippen molar-refractivity contribution in [3.8, 4) is 11.4 Å². The van der Waals surface area contributed by atoms with Gasteiger partial charge in [0.2, 0.25) is 17.6 Å². The molecule has 178 valence electrons. The number of carbonyl (C=O) groups is 1. The first kappa shape index (κ1) is 23.2. The van der Waals surface area contributed by atoms with Gasteiger partial charge >= 0.3 is 0 Å². The average molecular weight is 524 g/mol. The van der Waals surface area contributed by atoms with Crippen molar-refractivity contribution in [1.82, 2.24) is 24.8 Å². The fourth-order valence-electron chi connectivity index (χ4n) is 4.82. The Morgan fingerprint density at radius 3 is 2.38 bits per heavy atom. The summed E-state index contributed by atoms with van der Waals surface area (Å²) in [5.41, 5.74) is 2.26. The molecule has 8 heteroatoms. The van der Waals surface area contributed by atoms with Crippen LogP contribution in [0, 0.1) is 5.92 Å². The number of amides is 1. The molecule has 2 fully saturated rings. The Bertz CT molecular complexity index is 1090. The maximum absolute atomic E-state index is 13.1. The Hall–Kier alpha value is -2.55. The molecule has 7 nitrogen and oxygen atoms in total. The summed E-state index contributed by atoms with van der Waals surface area (Å²) in [6, 6.07) is 18.4. The number of hydrogen-bond donors (Lipinski definition) is 0. The molecule has 0 unspecified atom stereocenters. The molecule has 2 aromatic carbocycles. The Morgan fingerprint density at radius 2 is 1.65 bits per heavy atom. The van der Waals surface area contributed by atoms with E-state index in [1.54, 1.807) is 0 Å². The van der Waals surface area contributed by atoms with Gasteiger partial charge in [0.05, 0.1) is 6.54 Å². The molecular weight excluding hydrogens is 494 g/mol. The summed E-state index contributed by atoms with van der Waals surface area (Å²) in [5.74, 6) is 1.67. The van der Waals surface area contributed by atoms with Crippen LogP contribution in [0.25, 0.3) is 11.4 Å². The highest BCUT2D eigenvalue weighted by molar-refractivity contribution is 9.10. The molecule has 0 N–H and O–H groups in total. The van der Waals surface area contributed by atoms with Gasteiger partial charge in [-0.05, 0) is 43.6 Å². The van der Waals surface area contributed by atoms with Gasteiger partial charge in [0.1, 0.15) is 0 Å². The summed E-state index contributed by atoms with van der Waals surface area (Å²) in [5, 5.41) is 4.13. The first-order chi connectivity index (χ1) is 16.6. The van der Waals surface area contributed by atoms with E-state index in [1.807, 2.05) is 24.3 Å². The molecule has 0 saturated carbocycles. The Kier molecular flexibility index (Phi) is 7.37. The number of hydrogen-bond acceptors (Lipinski definition) is 6. The minimum absolute atomic E-state index is 0.122. The van der Waals surface area contributed by atoms with Crippen LogP contribution in [0.4, 0.5) is 0 Å². The molecule has 2 saturated heterocycles. The van der Waals surface area contributed by atoms with Gasteiger partial charge in [-0.15, -0.1) is 0 Å². The lowest BCUT2D eigenvalue weighted by Crippen LogP contribution is -2.51. The Morgan fingerprint density at radius 1 is 0.912 bits per heavy atom. The summed E-state index contributed by atoms with van der Waals surface area (Å²) >= 11 is 3.48. The molecule has 0 bridgehead atoms. The van der Waals surface area contributed by atoms with Gasteiger partial charge in [0.25, 0.3) is 0 Å². The van der Waals surface area contributed by atoms with Crippen molar-refractivity contribution in [2.45, 2.75) is 25.9 Å². The van der Waals surface area contributed by atoms with Gasteiger partial charge < -0.3 is 9.42 Å². The van der Waals surface area contributed by atoms with Crippen LogP contribution in [0.1, 0.15) is 24.3 Å². The van der Waals surface area contributed by atoms with E-state index < -0.39 is 0 Å². The van der Waals surface area contributed by atoms with Crippen LogP contribution in [-0.4, -0.2) is 70.0 Å². The van der Waals surface area contributed by atoms with Crippen molar-refractivity contribution >= 4 is 21.8 Å². The summed E-state index contributed by atoms with van der Waals surface area (Å²) < 4.78 is 6.47. The van der Waals surface area contributed by atoms with Gasteiger partial charge in [-0.25, -0.2) is 0 Å². The topological polar surface area (TPSA) is 65.7 Å². The predicted octanol–water partition coefficient (Wildman–Crippen LogP) is 4.06. The maximum atomic E-state index is 13.1. The van der Waals surface area contributed by atoms with E-state index in [0.717, 1.165) is 68.7 Å². The molecule has 0 atom stereocenters. The van der Waals surface area contributed by atoms with E-state index >= 15 is 0 Å². The molecule has 1 amide bonds. The summed E-state index contributed by atoms with van der Waals surface area (Å²) in [7, 11) is 0. The fraction of sp³-hybridized carbons (Fsp3) is 0.423. The van der Waals surface area contributed by atoms with Crippen molar-refractivity contribution in [3.63, 3.8) is 0 Å². The normalized spacial score (nSPS) is 18.3. The van der Waals surface area contributed by atoms with E-state index in [-0.39, 0.29) is 5.92 Å². The largest absolute Gasteiger partial charge is 0.340 e. The lowest BCUT2D eigenvalue weighted by atomic mass is 9.95. The standard InChI is InChI=1S/C26H30BrN5O2/c27-23-8-4-7-22(17-23)25-28-24(34-29-25)19-30-11-9-21(10-12-30)26(33)32-15-13-31(14-16-32)18-20-5-2-1-3-6-20/h1-8,17,21H,9-16,18-19H2.